The molecule has 4 nitrogen and oxygen atoms in total. The highest BCUT2D eigenvalue weighted by Gasteiger charge is 2.29. The molecule has 0 atom stereocenters. The first-order valence-corrected chi connectivity index (χ1v) is 8.14. The molecule has 0 unspecified atom stereocenters. The maximum Gasteiger partial charge on any atom is 0.411 e. The number of benzene rings is 3. The number of phenols is 1. The van der Waals surface area contributed by atoms with Crippen LogP contribution in [0.1, 0.15) is 17.0 Å². The van der Waals surface area contributed by atoms with Crippen LogP contribution in [0.3, 0.4) is 0 Å². The molecule has 25 heavy (non-hydrogen) atoms. The molecule has 0 bridgehead atoms. The van der Waals surface area contributed by atoms with Gasteiger partial charge in [0, 0.05) is 5.92 Å². The highest BCUT2D eigenvalue weighted by Crippen LogP contribution is 2.44. The molecule has 0 heterocycles. The second-order valence-corrected chi connectivity index (χ2v) is 5.97. The van der Waals surface area contributed by atoms with Crippen molar-refractivity contribution in [2.75, 3.05) is 11.9 Å². The Balaban J connectivity index is 1.51. The Morgan fingerprint density at radius 3 is 2.08 bits per heavy atom. The molecule has 0 radical (unpaired) electrons. The average molecular weight is 331 g/mol. The Morgan fingerprint density at radius 2 is 1.44 bits per heavy atom. The Bertz CT molecular complexity index is 890. The summed E-state index contributed by atoms with van der Waals surface area (Å²) in [5, 5.41) is 12.3. The van der Waals surface area contributed by atoms with E-state index in [-0.39, 0.29) is 18.3 Å². The quantitative estimate of drug-likeness (QED) is 0.681. The Morgan fingerprint density at radius 1 is 0.880 bits per heavy atom. The molecule has 3 aromatic rings. The van der Waals surface area contributed by atoms with E-state index in [9.17, 15) is 9.90 Å². The summed E-state index contributed by atoms with van der Waals surface area (Å²) >= 11 is 0. The van der Waals surface area contributed by atoms with Crippen LogP contribution >= 0.6 is 0 Å². The number of rotatable bonds is 3. The van der Waals surface area contributed by atoms with E-state index in [0.29, 0.717) is 5.69 Å². The van der Waals surface area contributed by atoms with E-state index >= 15 is 0 Å². The van der Waals surface area contributed by atoms with Gasteiger partial charge in [-0.15, -0.1) is 0 Å². The third kappa shape index (κ3) is 2.83. The number of phenolic OH excluding ortho intramolecular Hbond substituents is 1. The molecule has 3 aromatic carbocycles. The number of hydrogen-bond acceptors (Lipinski definition) is 3. The summed E-state index contributed by atoms with van der Waals surface area (Å²) in [6.07, 6.45) is -0.580. The van der Waals surface area contributed by atoms with E-state index in [1.165, 1.54) is 28.3 Å². The van der Waals surface area contributed by atoms with Crippen LogP contribution < -0.4 is 5.32 Å². The number of carbonyl (C=O) groups excluding carboxylic acids is 1. The SMILES string of the molecule is O=C(Nc1ccccc1O)OCC1c2ccccc2-c2ccccc21. The fraction of sp³-hybridized carbons (Fsp3) is 0.0952. The summed E-state index contributed by atoms with van der Waals surface area (Å²) in [6.45, 7) is 0.244. The summed E-state index contributed by atoms with van der Waals surface area (Å²) < 4.78 is 5.44. The lowest BCUT2D eigenvalue weighted by atomic mass is 9.98. The molecule has 4 heteroatoms. The first kappa shape index (κ1) is 15.3. The van der Waals surface area contributed by atoms with Gasteiger partial charge in [0.2, 0.25) is 0 Å². The third-order valence-corrected chi connectivity index (χ3v) is 4.48. The molecule has 1 aliphatic rings. The number of aromatic hydroxyl groups is 1. The van der Waals surface area contributed by atoms with Gasteiger partial charge in [0.1, 0.15) is 12.4 Å². The van der Waals surface area contributed by atoms with Crippen molar-refractivity contribution in [3.63, 3.8) is 0 Å². The minimum Gasteiger partial charge on any atom is -0.506 e. The summed E-state index contributed by atoms with van der Waals surface area (Å²) in [4.78, 5) is 12.1. The molecular formula is C21H17NO3. The standard InChI is InChI=1S/C21H17NO3/c23-20-12-6-5-11-19(20)22-21(24)25-13-18-16-9-3-1-7-14(16)15-8-2-4-10-17(15)18/h1-12,18,23H,13H2,(H,22,24). The van der Waals surface area contributed by atoms with Crippen LogP contribution in [0.15, 0.2) is 72.8 Å². The summed E-state index contributed by atoms with van der Waals surface area (Å²) in [5.41, 5.74) is 5.04. The zero-order valence-corrected chi connectivity index (χ0v) is 13.5. The summed E-state index contributed by atoms with van der Waals surface area (Å²) in [5.74, 6) is 0.0264. The van der Waals surface area contributed by atoms with Crippen molar-refractivity contribution in [3.05, 3.63) is 83.9 Å². The molecule has 0 fully saturated rings. The van der Waals surface area contributed by atoms with E-state index in [1.807, 2.05) is 24.3 Å². The molecule has 1 amide bonds. The molecule has 0 saturated carbocycles. The normalized spacial score (nSPS) is 12.3. The van der Waals surface area contributed by atoms with Crippen molar-refractivity contribution >= 4 is 11.8 Å². The zero-order valence-electron chi connectivity index (χ0n) is 13.5. The van der Waals surface area contributed by atoms with Crippen LogP contribution in [-0.2, 0) is 4.74 Å². The smallest absolute Gasteiger partial charge is 0.411 e. The number of para-hydroxylation sites is 2. The van der Waals surface area contributed by atoms with Gasteiger partial charge in [-0.25, -0.2) is 4.79 Å². The molecule has 0 aromatic heterocycles. The van der Waals surface area contributed by atoms with Gasteiger partial charge < -0.3 is 9.84 Å². The van der Waals surface area contributed by atoms with Crippen molar-refractivity contribution in [1.82, 2.24) is 0 Å². The lowest BCUT2D eigenvalue weighted by molar-refractivity contribution is 0.158. The number of hydrogen-bond donors (Lipinski definition) is 2. The van der Waals surface area contributed by atoms with Gasteiger partial charge in [0.25, 0.3) is 0 Å². The van der Waals surface area contributed by atoms with Gasteiger partial charge in [-0.3, -0.25) is 5.32 Å². The van der Waals surface area contributed by atoms with E-state index in [2.05, 4.69) is 29.6 Å². The number of anilines is 1. The number of ether oxygens (including phenoxy) is 1. The Kier molecular flexibility index (Phi) is 3.86. The van der Waals surface area contributed by atoms with E-state index in [4.69, 9.17) is 4.74 Å². The predicted octanol–water partition coefficient (Wildman–Crippen LogP) is 4.75. The van der Waals surface area contributed by atoms with Gasteiger partial charge in [-0.2, -0.15) is 0 Å². The largest absolute Gasteiger partial charge is 0.506 e. The molecule has 124 valence electrons. The lowest BCUT2D eigenvalue weighted by Crippen LogP contribution is -2.17. The van der Waals surface area contributed by atoms with Crippen LogP contribution in [0.5, 0.6) is 5.75 Å². The van der Waals surface area contributed by atoms with Gasteiger partial charge in [-0.05, 0) is 34.4 Å². The molecular weight excluding hydrogens is 314 g/mol. The Hall–Kier alpha value is -3.27. The second kappa shape index (κ2) is 6.32. The highest BCUT2D eigenvalue weighted by molar-refractivity contribution is 5.86. The minimum atomic E-state index is -0.580. The first-order valence-electron chi connectivity index (χ1n) is 8.14. The fourth-order valence-corrected chi connectivity index (χ4v) is 3.32. The first-order chi connectivity index (χ1) is 12.2. The van der Waals surface area contributed by atoms with Crippen molar-refractivity contribution in [3.8, 4) is 16.9 Å². The average Bonchev–Trinajstić information content (AvgIpc) is 2.96. The number of amides is 1. The molecule has 0 saturated heterocycles. The summed E-state index contributed by atoms with van der Waals surface area (Å²) in [6, 6.07) is 22.9. The lowest BCUT2D eigenvalue weighted by Gasteiger charge is -2.14. The van der Waals surface area contributed by atoms with E-state index in [0.717, 1.165) is 0 Å². The molecule has 1 aliphatic carbocycles. The number of fused-ring (bicyclic) bond motifs is 3. The zero-order chi connectivity index (χ0) is 17.2. The second-order valence-electron chi connectivity index (χ2n) is 5.97. The van der Waals surface area contributed by atoms with Gasteiger partial charge in [0.15, 0.2) is 0 Å². The van der Waals surface area contributed by atoms with Crippen LogP contribution in [0, 0.1) is 0 Å². The van der Waals surface area contributed by atoms with Gasteiger partial charge in [0.05, 0.1) is 5.69 Å². The van der Waals surface area contributed by atoms with Crippen LogP contribution in [0.4, 0.5) is 10.5 Å². The van der Waals surface area contributed by atoms with Crippen molar-refractivity contribution in [2.24, 2.45) is 0 Å². The van der Waals surface area contributed by atoms with E-state index in [1.54, 1.807) is 18.2 Å². The highest BCUT2D eigenvalue weighted by atomic mass is 16.5. The van der Waals surface area contributed by atoms with Gasteiger partial charge in [-0.1, -0.05) is 60.7 Å². The van der Waals surface area contributed by atoms with Crippen LogP contribution in [0.2, 0.25) is 0 Å². The number of carbonyl (C=O) groups is 1. The van der Waals surface area contributed by atoms with Crippen molar-refractivity contribution in [1.29, 1.82) is 0 Å². The maximum absolute atomic E-state index is 12.1. The van der Waals surface area contributed by atoms with Gasteiger partial charge >= 0.3 is 6.09 Å². The Labute approximate surface area is 145 Å². The number of nitrogens with one attached hydrogen (secondary N) is 1. The minimum absolute atomic E-state index is 0.0102. The fourth-order valence-electron chi connectivity index (χ4n) is 3.32. The molecule has 0 aliphatic heterocycles. The van der Waals surface area contributed by atoms with Crippen LogP contribution in [-0.4, -0.2) is 17.8 Å². The molecule has 0 spiro atoms. The van der Waals surface area contributed by atoms with Crippen molar-refractivity contribution in [2.45, 2.75) is 5.92 Å². The molecule has 4 rings (SSSR count). The maximum atomic E-state index is 12.1. The monoisotopic (exact) mass is 331 g/mol. The molecule has 2 N–H and O–H groups in total. The topological polar surface area (TPSA) is 58.6 Å². The summed E-state index contributed by atoms with van der Waals surface area (Å²) in [7, 11) is 0. The van der Waals surface area contributed by atoms with E-state index < -0.39 is 6.09 Å². The predicted molar refractivity (Wildman–Crippen MR) is 96.8 cm³/mol. The van der Waals surface area contributed by atoms with Crippen molar-refractivity contribution < 1.29 is 14.6 Å². The third-order valence-electron chi connectivity index (χ3n) is 4.48. The van der Waals surface area contributed by atoms with Crippen LogP contribution in [0.25, 0.3) is 11.1 Å².